The first-order valence-corrected chi connectivity index (χ1v) is 7.16. The summed E-state index contributed by atoms with van der Waals surface area (Å²) >= 11 is 0. The van der Waals surface area contributed by atoms with E-state index in [0.29, 0.717) is 6.54 Å². The van der Waals surface area contributed by atoms with Crippen LogP contribution < -0.4 is 5.32 Å². The van der Waals surface area contributed by atoms with Crippen LogP contribution in [0.3, 0.4) is 0 Å². The molecule has 2 N–H and O–H groups in total. The van der Waals surface area contributed by atoms with Gasteiger partial charge in [-0.25, -0.2) is 4.98 Å². The van der Waals surface area contributed by atoms with E-state index in [2.05, 4.69) is 51.4 Å². The van der Waals surface area contributed by atoms with E-state index in [0.717, 1.165) is 18.7 Å². The fourth-order valence-electron chi connectivity index (χ4n) is 2.51. The molecule has 0 aliphatic heterocycles. The van der Waals surface area contributed by atoms with Crippen molar-refractivity contribution in [3.05, 3.63) is 66.0 Å². The lowest BCUT2D eigenvalue weighted by Crippen LogP contribution is -2.17. The Kier molecular flexibility index (Phi) is 4.28. The second-order valence-electron chi connectivity index (χ2n) is 5.04. The standard InChI is InChI=1S/C17H19N3O/c21-11-9-18-12-15-6-8-19-17-16(15)7-10-20(17)13-14-4-2-1-3-5-14/h1-8,10,18,21H,9,11-13H2. The van der Waals surface area contributed by atoms with Gasteiger partial charge < -0.3 is 15.0 Å². The molecule has 0 saturated heterocycles. The maximum Gasteiger partial charge on any atom is 0.140 e. The highest BCUT2D eigenvalue weighted by Crippen LogP contribution is 2.19. The summed E-state index contributed by atoms with van der Waals surface area (Å²) in [5, 5.41) is 13.2. The van der Waals surface area contributed by atoms with Gasteiger partial charge in [0.05, 0.1) is 6.61 Å². The van der Waals surface area contributed by atoms with Crippen molar-refractivity contribution in [2.75, 3.05) is 13.2 Å². The molecular weight excluding hydrogens is 262 g/mol. The zero-order valence-electron chi connectivity index (χ0n) is 11.9. The molecule has 0 aliphatic rings. The lowest BCUT2D eigenvalue weighted by molar-refractivity contribution is 0.292. The minimum Gasteiger partial charge on any atom is -0.395 e. The number of pyridine rings is 1. The first kappa shape index (κ1) is 13.8. The van der Waals surface area contributed by atoms with Crippen molar-refractivity contribution in [2.24, 2.45) is 0 Å². The highest BCUT2D eigenvalue weighted by atomic mass is 16.3. The monoisotopic (exact) mass is 281 g/mol. The van der Waals surface area contributed by atoms with Crippen LogP contribution in [0.2, 0.25) is 0 Å². The molecule has 0 bridgehead atoms. The molecule has 0 radical (unpaired) electrons. The Morgan fingerprint density at radius 3 is 2.76 bits per heavy atom. The summed E-state index contributed by atoms with van der Waals surface area (Å²) < 4.78 is 2.17. The van der Waals surface area contributed by atoms with Gasteiger partial charge in [-0.05, 0) is 23.3 Å². The number of benzene rings is 1. The minimum atomic E-state index is 0.156. The first-order valence-electron chi connectivity index (χ1n) is 7.16. The van der Waals surface area contributed by atoms with Crippen LogP contribution in [-0.4, -0.2) is 27.8 Å². The molecule has 0 spiro atoms. The largest absolute Gasteiger partial charge is 0.395 e. The third kappa shape index (κ3) is 3.12. The molecule has 0 unspecified atom stereocenters. The van der Waals surface area contributed by atoms with Gasteiger partial charge in [0.1, 0.15) is 5.65 Å². The zero-order valence-corrected chi connectivity index (χ0v) is 11.9. The van der Waals surface area contributed by atoms with Crippen LogP contribution in [0.15, 0.2) is 54.9 Å². The highest BCUT2D eigenvalue weighted by Gasteiger charge is 2.07. The van der Waals surface area contributed by atoms with Gasteiger partial charge in [-0.2, -0.15) is 0 Å². The van der Waals surface area contributed by atoms with Crippen LogP contribution >= 0.6 is 0 Å². The number of aliphatic hydroxyl groups excluding tert-OH is 1. The lowest BCUT2D eigenvalue weighted by Gasteiger charge is -2.07. The third-order valence-corrected chi connectivity index (χ3v) is 3.55. The van der Waals surface area contributed by atoms with Gasteiger partial charge in [0.15, 0.2) is 0 Å². The molecule has 2 aromatic heterocycles. The average molecular weight is 281 g/mol. The Morgan fingerprint density at radius 2 is 1.95 bits per heavy atom. The number of aliphatic hydroxyl groups is 1. The van der Waals surface area contributed by atoms with E-state index in [-0.39, 0.29) is 6.61 Å². The first-order chi connectivity index (χ1) is 10.4. The predicted molar refractivity (Wildman–Crippen MR) is 84.1 cm³/mol. The molecule has 0 aliphatic carbocycles. The maximum absolute atomic E-state index is 8.85. The molecule has 0 fully saturated rings. The number of hydrogen-bond acceptors (Lipinski definition) is 3. The fourth-order valence-corrected chi connectivity index (χ4v) is 2.51. The van der Waals surface area contributed by atoms with E-state index in [1.807, 2.05) is 18.3 Å². The summed E-state index contributed by atoms with van der Waals surface area (Å²) in [6.07, 6.45) is 3.93. The summed E-state index contributed by atoms with van der Waals surface area (Å²) in [6.45, 7) is 2.33. The molecule has 2 heterocycles. The Labute approximate surface area is 124 Å². The molecule has 0 amide bonds. The minimum absolute atomic E-state index is 0.156. The number of nitrogens with one attached hydrogen (secondary N) is 1. The van der Waals surface area contributed by atoms with Crippen LogP contribution in [0.5, 0.6) is 0 Å². The molecule has 0 saturated carbocycles. The molecule has 4 nitrogen and oxygen atoms in total. The highest BCUT2D eigenvalue weighted by molar-refractivity contribution is 5.80. The average Bonchev–Trinajstić information content (AvgIpc) is 2.93. The Hall–Kier alpha value is -2.17. The number of fused-ring (bicyclic) bond motifs is 1. The summed E-state index contributed by atoms with van der Waals surface area (Å²) in [5.41, 5.74) is 3.48. The van der Waals surface area contributed by atoms with Crippen molar-refractivity contribution < 1.29 is 5.11 Å². The fraction of sp³-hybridized carbons (Fsp3) is 0.235. The second-order valence-corrected chi connectivity index (χ2v) is 5.04. The summed E-state index contributed by atoms with van der Waals surface area (Å²) in [6, 6.07) is 14.5. The van der Waals surface area contributed by atoms with Gasteiger partial charge in [-0.1, -0.05) is 30.3 Å². The van der Waals surface area contributed by atoms with Gasteiger partial charge in [-0.15, -0.1) is 0 Å². The molecule has 4 heteroatoms. The van der Waals surface area contributed by atoms with Crippen LogP contribution in [0, 0.1) is 0 Å². The molecule has 21 heavy (non-hydrogen) atoms. The summed E-state index contributed by atoms with van der Waals surface area (Å²) in [7, 11) is 0. The normalized spacial score (nSPS) is 11.1. The second kappa shape index (κ2) is 6.52. The van der Waals surface area contributed by atoms with E-state index < -0.39 is 0 Å². The molecule has 108 valence electrons. The Bertz CT molecular complexity index is 706. The SMILES string of the molecule is OCCNCc1ccnc2c1ccn2Cc1ccccc1. The van der Waals surface area contributed by atoms with Gasteiger partial charge in [0.25, 0.3) is 0 Å². The van der Waals surface area contributed by atoms with Crippen LogP contribution in [0.25, 0.3) is 11.0 Å². The van der Waals surface area contributed by atoms with Crippen molar-refractivity contribution in [3.63, 3.8) is 0 Å². The smallest absolute Gasteiger partial charge is 0.140 e. The van der Waals surface area contributed by atoms with Crippen LogP contribution in [-0.2, 0) is 13.1 Å². The quantitative estimate of drug-likeness (QED) is 0.681. The van der Waals surface area contributed by atoms with Crippen molar-refractivity contribution in [1.29, 1.82) is 0 Å². The molecule has 0 atom stereocenters. The van der Waals surface area contributed by atoms with Crippen molar-refractivity contribution >= 4 is 11.0 Å². The Morgan fingerprint density at radius 1 is 1.10 bits per heavy atom. The number of nitrogens with zero attached hydrogens (tertiary/aromatic N) is 2. The van der Waals surface area contributed by atoms with E-state index in [9.17, 15) is 0 Å². The van der Waals surface area contributed by atoms with Gasteiger partial charge in [-0.3, -0.25) is 0 Å². The number of hydrogen-bond donors (Lipinski definition) is 2. The van der Waals surface area contributed by atoms with E-state index in [4.69, 9.17) is 5.11 Å². The van der Waals surface area contributed by atoms with E-state index >= 15 is 0 Å². The third-order valence-electron chi connectivity index (χ3n) is 3.55. The summed E-state index contributed by atoms with van der Waals surface area (Å²) in [5.74, 6) is 0. The van der Waals surface area contributed by atoms with Crippen molar-refractivity contribution in [2.45, 2.75) is 13.1 Å². The lowest BCUT2D eigenvalue weighted by atomic mass is 10.2. The maximum atomic E-state index is 8.85. The van der Waals surface area contributed by atoms with Gasteiger partial charge >= 0.3 is 0 Å². The Balaban J connectivity index is 1.86. The van der Waals surface area contributed by atoms with Crippen LogP contribution in [0.4, 0.5) is 0 Å². The molecule has 1 aromatic carbocycles. The predicted octanol–water partition coefficient (Wildman–Crippen LogP) is 2.17. The van der Waals surface area contributed by atoms with E-state index in [1.54, 1.807) is 0 Å². The van der Waals surface area contributed by atoms with Gasteiger partial charge in [0.2, 0.25) is 0 Å². The molecule has 3 rings (SSSR count). The van der Waals surface area contributed by atoms with E-state index in [1.165, 1.54) is 16.5 Å². The molecule has 3 aromatic rings. The molecular formula is C17H19N3O. The van der Waals surface area contributed by atoms with Crippen molar-refractivity contribution in [1.82, 2.24) is 14.9 Å². The van der Waals surface area contributed by atoms with Crippen molar-refractivity contribution in [3.8, 4) is 0 Å². The topological polar surface area (TPSA) is 50.1 Å². The van der Waals surface area contributed by atoms with Crippen LogP contribution in [0.1, 0.15) is 11.1 Å². The number of aromatic nitrogens is 2. The van der Waals surface area contributed by atoms with Gasteiger partial charge in [0, 0.05) is 37.4 Å². The zero-order chi connectivity index (χ0) is 14.5. The summed E-state index contributed by atoms with van der Waals surface area (Å²) in [4.78, 5) is 4.51. The number of rotatable bonds is 6.